The van der Waals surface area contributed by atoms with E-state index in [-0.39, 0.29) is 107 Å². The monoisotopic (exact) mass is 1350 g/mol. The number of aromatic amines is 4. The zero-order valence-electron chi connectivity index (χ0n) is 53.8. The Kier molecular flexibility index (Phi) is 30.0. The summed E-state index contributed by atoms with van der Waals surface area (Å²) in [6, 6.07) is 12.7. The van der Waals surface area contributed by atoms with Gasteiger partial charge in [0, 0.05) is 93.7 Å². The number of alkyl halides is 1. The quantitative estimate of drug-likeness (QED) is 0.0425. The molecule has 8 aromatic rings. The summed E-state index contributed by atoms with van der Waals surface area (Å²) in [5.74, 6) is -6.27. The van der Waals surface area contributed by atoms with Crippen LogP contribution in [0.4, 0.5) is 35.1 Å². The Morgan fingerprint density at radius 1 is 0.478 bits per heavy atom. The predicted molar refractivity (Wildman–Crippen MR) is 343 cm³/mol. The van der Waals surface area contributed by atoms with Gasteiger partial charge in [-0.15, -0.1) is 5.10 Å². The van der Waals surface area contributed by atoms with Crippen LogP contribution >= 0.6 is 15.9 Å². The van der Waals surface area contributed by atoms with E-state index in [1.54, 1.807) is 49.2 Å². The summed E-state index contributed by atoms with van der Waals surface area (Å²) in [6.45, 7) is 33.1. The Labute approximate surface area is 530 Å². The van der Waals surface area contributed by atoms with Gasteiger partial charge in [0.1, 0.15) is 0 Å². The lowest BCUT2D eigenvalue weighted by atomic mass is 10.0. The van der Waals surface area contributed by atoms with E-state index in [0.717, 1.165) is 22.6 Å². The lowest BCUT2D eigenvalue weighted by molar-refractivity contribution is 0.227. The first-order chi connectivity index (χ1) is 41.1. The van der Waals surface area contributed by atoms with Gasteiger partial charge in [-0.2, -0.15) is 8.42 Å². The van der Waals surface area contributed by atoms with E-state index in [1.807, 2.05) is 67.0 Å². The van der Waals surface area contributed by atoms with Gasteiger partial charge in [-0.25, -0.2) is 35.1 Å². The van der Waals surface area contributed by atoms with Crippen LogP contribution in [0.5, 0.6) is 5.88 Å². The smallest absolute Gasteiger partial charge is 0.267 e. The van der Waals surface area contributed by atoms with Crippen molar-refractivity contribution in [2.45, 2.75) is 187 Å². The molecule has 0 aliphatic heterocycles. The first-order valence-electron chi connectivity index (χ1n) is 28.5. The third-order valence-electron chi connectivity index (χ3n) is 13.7. The number of nitrogens with one attached hydrogen (secondary N) is 4. The first-order valence-corrected chi connectivity index (χ1v) is 31.3. The van der Waals surface area contributed by atoms with Crippen molar-refractivity contribution in [3.8, 4) is 5.88 Å². The summed E-state index contributed by atoms with van der Waals surface area (Å²) in [5, 5.41) is 15.0. The molecule has 0 saturated heterocycles. The van der Waals surface area contributed by atoms with Crippen molar-refractivity contribution in [2.24, 2.45) is 0 Å². The number of H-pyrrole nitrogens is 4. The number of rotatable bonds is 13. The molecule has 0 aliphatic rings. The van der Waals surface area contributed by atoms with Crippen molar-refractivity contribution >= 4 is 26.0 Å². The number of aromatic nitrogens is 8. The number of benzene rings is 4. The average Bonchev–Trinajstić information content (AvgIpc) is 1.70. The Balaban J connectivity index is 0.000000390. The summed E-state index contributed by atoms with van der Waals surface area (Å²) in [5.41, 5.74) is 6.39. The van der Waals surface area contributed by atoms with Crippen molar-refractivity contribution in [3.63, 3.8) is 0 Å². The van der Waals surface area contributed by atoms with E-state index in [1.165, 1.54) is 57.2 Å². The highest BCUT2D eigenvalue weighted by Crippen LogP contribution is 2.30. The van der Waals surface area contributed by atoms with Gasteiger partial charge in [0.2, 0.25) is 5.88 Å². The molecule has 0 atom stereocenters. The largest absolute Gasteiger partial charge is 0.474 e. The molecule has 498 valence electrons. The molecular formula is C65H87BrF8N8O7S. The van der Waals surface area contributed by atoms with Crippen molar-refractivity contribution in [3.05, 3.63) is 216 Å². The maximum Gasteiger partial charge on any atom is 0.267 e. The topological polar surface area (TPSA) is 206 Å². The number of hydrogen-bond donors (Lipinski definition) is 5. The molecule has 0 unspecified atom stereocenters. The molecule has 15 nitrogen and oxygen atoms in total. The molecule has 5 N–H and O–H groups in total. The molecule has 0 bridgehead atoms. The molecule has 4 aromatic heterocycles. The van der Waals surface area contributed by atoms with E-state index in [4.69, 9.17) is 9.29 Å². The van der Waals surface area contributed by atoms with Gasteiger partial charge < -0.3 is 9.84 Å². The van der Waals surface area contributed by atoms with Crippen LogP contribution in [0.25, 0.3) is 0 Å². The zero-order valence-corrected chi connectivity index (χ0v) is 56.2. The molecule has 0 aliphatic carbocycles. The number of aryl methyl sites for hydroxylation is 5. The molecule has 0 saturated carbocycles. The summed E-state index contributed by atoms with van der Waals surface area (Å²) < 4.78 is 147. The second-order valence-electron chi connectivity index (χ2n) is 22.8. The normalized spacial score (nSPS) is 11.1. The fraction of sp³-hybridized carbons (Fsp3) is 0.446. The maximum atomic E-state index is 14.2. The Hall–Kier alpha value is -7.25. The van der Waals surface area contributed by atoms with Crippen LogP contribution in [-0.2, 0) is 35.8 Å². The summed E-state index contributed by atoms with van der Waals surface area (Å²) in [7, 11) is -3.67. The predicted octanol–water partition coefficient (Wildman–Crippen LogP) is 15.3. The molecule has 4 heterocycles. The lowest BCUT2D eigenvalue weighted by Gasteiger charge is -2.10. The van der Waals surface area contributed by atoms with Crippen LogP contribution in [0.2, 0.25) is 0 Å². The van der Waals surface area contributed by atoms with Crippen molar-refractivity contribution in [2.75, 3.05) is 6.26 Å². The van der Waals surface area contributed by atoms with Gasteiger partial charge >= 0.3 is 0 Å². The first kappa shape index (κ1) is 78.8. The van der Waals surface area contributed by atoms with Gasteiger partial charge in [0.25, 0.3) is 26.8 Å². The van der Waals surface area contributed by atoms with Crippen LogP contribution < -0.4 is 21.4 Å². The van der Waals surface area contributed by atoms with Crippen LogP contribution in [0.3, 0.4) is 0 Å². The average molecular weight is 1360 g/mol. The van der Waals surface area contributed by atoms with E-state index >= 15 is 0 Å². The molecule has 25 heteroatoms. The van der Waals surface area contributed by atoms with E-state index < -0.39 is 56.7 Å². The highest BCUT2D eigenvalue weighted by molar-refractivity contribution is 9.09. The van der Waals surface area contributed by atoms with Gasteiger partial charge in [0.15, 0.2) is 46.5 Å². The number of halogens is 9. The molecule has 0 radical (unpaired) electrons. The molecule has 90 heavy (non-hydrogen) atoms. The van der Waals surface area contributed by atoms with Gasteiger partial charge in [-0.3, -0.25) is 48.3 Å². The number of hydrogen-bond acceptors (Lipinski definition) is 7. The zero-order chi connectivity index (χ0) is 68.0. The minimum atomic E-state index is -3.67. The summed E-state index contributed by atoms with van der Waals surface area (Å²) >= 11 is 3.27. The Bertz CT molecular complexity index is 3870. The highest BCUT2D eigenvalue weighted by Gasteiger charge is 2.23. The van der Waals surface area contributed by atoms with E-state index in [9.17, 15) is 57.9 Å². The van der Waals surface area contributed by atoms with Crippen LogP contribution in [0, 0.1) is 102 Å². The van der Waals surface area contributed by atoms with Crippen LogP contribution in [0.1, 0.15) is 184 Å². The molecule has 0 amide bonds. The third kappa shape index (κ3) is 21.7. The molecule has 4 aromatic carbocycles. The molecular weight excluding hydrogens is 1270 g/mol. The van der Waals surface area contributed by atoms with Gasteiger partial charge in [-0.05, 0) is 155 Å². The van der Waals surface area contributed by atoms with Crippen molar-refractivity contribution < 1.29 is 52.8 Å². The molecule has 0 fully saturated rings. The fourth-order valence-electron chi connectivity index (χ4n) is 8.88. The minimum Gasteiger partial charge on any atom is -0.474 e. The standard InChI is InChI=1S/C18H24F2N2O.2C15H18F2N2O.C12H12F2N2O.C3H7Br.CH4O3S.CH4/c1-10(2)22-13(6)15(18(21-22)23-11(3)4)9-14-8-7-12(5)16(19)17(14)20;2*1-8(2)19-10(4)12(15(20)18-19)7-11-6-5-9(3)13(16)14(11)17;1-6-3-4-8(11(14)10(6)13)5-9-7(2)15-16-12(9)17;1-3(2)4;1-5(2,3)4;/h7-8,10-11H,9H2,1-6H3;2*5-6,8H,7H2,1-4H3,(H,18,20);3-4H,5H2,1-2H3,(H2,15,16,17);3H,1-2H3;1H3,(H,2,3,4);1H4. The lowest BCUT2D eigenvalue weighted by Crippen LogP contribution is -2.10. The SMILES string of the molecule is C.CC(C)Br.CS(=O)(=O)O.Cc1ccc(Cc2c(C)[nH][nH]c2=O)c(F)c1F.Cc1ccc(Cc2c(C)n(C(C)C)[nH]c2=O)c(F)c1F.Cc1ccc(Cc2c(C)n(C(C)C)[nH]c2=O)c(F)c1F.Cc1ccc(Cc2c(OC(C)C)nn(C(C)C)c2C)c(F)c1F. The summed E-state index contributed by atoms with van der Waals surface area (Å²) in [6.07, 6.45) is 1.18. The second kappa shape index (κ2) is 34.3. The summed E-state index contributed by atoms with van der Waals surface area (Å²) in [4.78, 5) is 35.9. The maximum absolute atomic E-state index is 14.2. The van der Waals surface area contributed by atoms with Gasteiger partial charge in [0.05, 0.1) is 12.4 Å². The minimum absolute atomic E-state index is 0. The Morgan fingerprint density at radius 3 is 1.01 bits per heavy atom. The Morgan fingerprint density at radius 2 is 0.767 bits per heavy atom. The van der Waals surface area contributed by atoms with E-state index in [0.29, 0.717) is 50.5 Å². The van der Waals surface area contributed by atoms with Gasteiger partial charge in [-0.1, -0.05) is 85.7 Å². The van der Waals surface area contributed by atoms with Crippen LogP contribution in [0.15, 0.2) is 62.9 Å². The van der Waals surface area contributed by atoms with Crippen molar-refractivity contribution in [1.82, 2.24) is 39.5 Å². The highest BCUT2D eigenvalue weighted by atomic mass is 79.9. The number of nitrogens with zero attached hydrogens (tertiary/aromatic N) is 4. The van der Waals surface area contributed by atoms with Crippen molar-refractivity contribution in [1.29, 1.82) is 0 Å². The second-order valence-corrected chi connectivity index (χ2v) is 26.1. The number of ether oxygens (including phenoxy) is 1. The molecule has 0 spiro atoms. The fourth-order valence-corrected chi connectivity index (χ4v) is 8.88. The van der Waals surface area contributed by atoms with E-state index in [2.05, 4.69) is 55.3 Å². The van der Waals surface area contributed by atoms with Crippen LogP contribution in [-0.4, -0.2) is 69.7 Å². The molecule has 8 rings (SSSR count). The third-order valence-corrected chi connectivity index (χ3v) is 13.7.